The van der Waals surface area contributed by atoms with Gasteiger partial charge in [-0.2, -0.15) is 0 Å². The number of amides is 2. The van der Waals surface area contributed by atoms with Gasteiger partial charge < -0.3 is 20.5 Å². The van der Waals surface area contributed by atoms with Crippen molar-refractivity contribution in [2.24, 2.45) is 11.8 Å². The molecule has 0 saturated carbocycles. The van der Waals surface area contributed by atoms with E-state index in [4.69, 9.17) is 4.74 Å². The predicted octanol–water partition coefficient (Wildman–Crippen LogP) is 2.64. The number of carbonyl (C=O) groups is 1. The minimum Gasteiger partial charge on any atom is -0.389 e. The standard InChI is InChI=1S/C19H30N2O3/c1-13(2)11-24-12-16(22)10-20-19(23)21-18-14(3)8-9-15-6-4-5-7-17(15)18/h4-7,13-14,16,18,22H,8-12H2,1-3H3,(H2,20,21,23). The number of benzene rings is 1. The van der Waals surface area contributed by atoms with Crippen molar-refractivity contribution in [2.45, 2.75) is 45.8 Å². The normalized spacial score (nSPS) is 21.2. The molecule has 3 atom stereocenters. The Hall–Kier alpha value is -1.59. The van der Waals surface area contributed by atoms with Crippen LogP contribution in [0.1, 0.15) is 44.4 Å². The van der Waals surface area contributed by atoms with Crippen molar-refractivity contribution in [3.63, 3.8) is 0 Å². The minimum atomic E-state index is -0.689. The fraction of sp³-hybridized carbons (Fsp3) is 0.632. The summed E-state index contributed by atoms with van der Waals surface area (Å²) in [6.45, 7) is 7.31. The molecule has 134 valence electrons. The summed E-state index contributed by atoms with van der Waals surface area (Å²) in [7, 11) is 0. The lowest BCUT2D eigenvalue weighted by Gasteiger charge is -2.32. The van der Waals surface area contributed by atoms with Gasteiger partial charge in [-0.25, -0.2) is 4.79 Å². The summed E-state index contributed by atoms with van der Waals surface area (Å²) in [6.07, 6.45) is 1.43. The molecule has 1 aromatic carbocycles. The number of hydrogen-bond acceptors (Lipinski definition) is 3. The molecule has 5 nitrogen and oxygen atoms in total. The number of nitrogens with one attached hydrogen (secondary N) is 2. The summed E-state index contributed by atoms with van der Waals surface area (Å²) in [5, 5.41) is 15.7. The first-order valence-corrected chi connectivity index (χ1v) is 8.85. The Kier molecular flexibility index (Phi) is 7.06. The van der Waals surface area contributed by atoms with Crippen LogP contribution in [0, 0.1) is 11.8 Å². The molecule has 0 aliphatic heterocycles. The highest BCUT2D eigenvalue weighted by molar-refractivity contribution is 5.74. The van der Waals surface area contributed by atoms with E-state index >= 15 is 0 Å². The average molecular weight is 334 g/mol. The van der Waals surface area contributed by atoms with Gasteiger partial charge >= 0.3 is 6.03 Å². The fourth-order valence-corrected chi connectivity index (χ4v) is 3.04. The number of aryl methyl sites for hydroxylation is 1. The van der Waals surface area contributed by atoms with Crippen LogP contribution in [0.2, 0.25) is 0 Å². The molecule has 0 aromatic heterocycles. The Morgan fingerprint density at radius 2 is 2.08 bits per heavy atom. The molecule has 1 aromatic rings. The largest absolute Gasteiger partial charge is 0.389 e. The van der Waals surface area contributed by atoms with Crippen LogP contribution in [-0.2, 0) is 11.2 Å². The maximum absolute atomic E-state index is 12.2. The zero-order valence-electron chi connectivity index (χ0n) is 14.9. The Bertz CT molecular complexity index is 533. The quantitative estimate of drug-likeness (QED) is 0.718. The number of aliphatic hydroxyl groups excluding tert-OH is 1. The van der Waals surface area contributed by atoms with Gasteiger partial charge in [0.25, 0.3) is 0 Å². The van der Waals surface area contributed by atoms with Crippen LogP contribution in [0.3, 0.4) is 0 Å². The number of carbonyl (C=O) groups excluding carboxylic acids is 1. The molecule has 1 aliphatic carbocycles. The highest BCUT2D eigenvalue weighted by Crippen LogP contribution is 2.33. The number of urea groups is 1. The number of hydrogen-bond donors (Lipinski definition) is 3. The van der Waals surface area contributed by atoms with Crippen molar-refractivity contribution in [1.29, 1.82) is 0 Å². The van der Waals surface area contributed by atoms with E-state index in [0.717, 1.165) is 12.8 Å². The molecule has 3 N–H and O–H groups in total. The average Bonchev–Trinajstić information content (AvgIpc) is 2.55. The van der Waals surface area contributed by atoms with Crippen molar-refractivity contribution in [1.82, 2.24) is 10.6 Å². The predicted molar refractivity (Wildman–Crippen MR) is 94.9 cm³/mol. The highest BCUT2D eigenvalue weighted by Gasteiger charge is 2.27. The maximum Gasteiger partial charge on any atom is 0.315 e. The monoisotopic (exact) mass is 334 g/mol. The molecule has 5 heteroatoms. The van der Waals surface area contributed by atoms with Gasteiger partial charge in [0.2, 0.25) is 0 Å². The third kappa shape index (κ3) is 5.49. The lowest BCUT2D eigenvalue weighted by Crippen LogP contribution is -2.44. The summed E-state index contributed by atoms with van der Waals surface area (Å²) >= 11 is 0. The molecule has 2 rings (SSSR count). The molecule has 3 unspecified atom stereocenters. The second kappa shape index (κ2) is 9.04. The van der Waals surface area contributed by atoms with Crippen LogP contribution in [0.15, 0.2) is 24.3 Å². The lowest BCUT2D eigenvalue weighted by atomic mass is 9.81. The van der Waals surface area contributed by atoms with E-state index < -0.39 is 6.10 Å². The third-order valence-electron chi connectivity index (χ3n) is 4.37. The maximum atomic E-state index is 12.2. The van der Waals surface area contributed by atoms with Gasteiger partial charge in [-0.05, 0) is 35.8 Å². The zero-order valence-corrected chi connectivity index (χ0v) is 14.9. The van der Waals surface area contributed by atoms with Gasteiger partial charge in [0.15, 0.2) is 0 Å². The van der Waals surface area contributed by atoms with Gasteiger partial charge in [0, 0.05) is 13.2 Å². The van der Waals surface area contributed by atoms with Gasteiger partial charge in [0.1, 0.15) is 0 Å². The van der Waals surface area contributed by atoms with Crippen LogP contribution in [-0.4, -0.2) is 37.0 Å². The van der Waals surface area contributed by atoms with E-state index in [0.29, 0.717) is 18.4 Å². The molecule has 0 radical (unpaired) electrons. The SMILES string of the molecule is CC(C)COCC(O)CNC(=O)NC1c2ccccc2CCC1C. The molecule has 24 heavy (non-hydrogen) atoms. The van der Waals surface area contributed by atoms with Gasteiger partial charge in [0.05, 0.1) is 18.8 Å². The number of ether oxygens (including phenoxy) is 1. The van der Waals surface area contributed by atoms with Crippen molar-refractivity contribution in [3.05, 3.63) is 35.4 Å². The van der Waals surface area contributed by atoms with E-state index in [-0.39, 0.29) is 25.2 Å². The van der Waals surface area contributed by atoms with Gasteiger partial charge in [-0.15, -0.1) is 0 Å². The highest BCUT2D eigenvalue weighted by atomic mass is 16.5. The summed E-state index contributed by atoms with van der Waals surface area (Å²) in [4.78, 5) is 12.2. The second-order valence-electron chi connectivity index (χ2n) is 7.13. The molecule has 0 saturated heterocycles. The molecule has 0 fully saturated rings. The molecule has 2 amide bonds. The summed E-state index contributed by atoms with van der Waals surface area (Å²) in [5.74, 6) is 0.825. The smallest absolute Gasteiger partial charge is 0.315 e. The molecular weight excluding hydrogens is 304 g/mol. The van der Waals surface area contributed by atoms with Crippen molar-refractivity contribution in [2.75, 3.05) is 19.8 Å². The molecule has 0 spiro atoms. The first-order chi connectivity index (χ1) is 11.5. The van der Waals surface area contributed by atoms with Gasteiger partial charge in [-0.1, -0.05) is 45.0 Å². The zero-order chi connectivity index (χ0) is 17.5. The van der Waals surface area contributed by atoms with E-state index in [1.54, 1.807) is 0 Å². The Morgan fingerprint density at radius 3 is 2.83 bits per heavy atom. The van der Waals surface area contributed by atoms with E-state index in [2.05, 4.69) is 43.5 Å². The Morgan fingerprint density at radius 1 is 1.33 bits per heavy atom. The number of fused-ring (bicyclic) bond motifs is 1. The minimum absolute atomic E-state index is 0.0179. The van der Waals surface area contributed by atoms with Crippen molar-refractivity contribution < 1.29 is 14.6 Å². The van der Waals surface area contributed by atoms with Crippen LogP contribution in [0.5, 0.6) is 0 Å². The molecular formula is C19H30N2O3. The summed E-state index contributed by atoms with van der Waals surface area (Å²) < 4.78 is 5.38. The van der Waals surface area contributed by atoms with Crippen LogP contribution in [0.4, 0.5) is 4.79 Å². The number of rotatable bonds is 7. The first kappa shape index (κ1) is 18.7. The van der Waals surface area contributed by atoms with Gasteiger partial charge in [-0.3, -0.25) is 0 Å². The van der Waals surface area contributed by atoms with Crippen molar-refractivity contribution in [3.8, 4) is 0 Å². The molecule has 0 bridgehead atoms. The van der Waals surface area contributed by atoms with Crippen LogP contribution < -0.4 is 10.6 Å². The van der Waals surface area contributed by atoms with Crippen LogP contribution >= 0.6 is 0 Å². The topological polar surface area (TPSA) is 70.6 Å². The Labute approximate surface area is 144 Å². The van der Waals surface area contributed by atoms with E-state index in [9.17, 15) is 9.90 Å². The first-order valence-electron chi connectivity index (χ1n) is 8.85. The Balaban J connectivity index is 1.80. The van der Waals surface area contributed by atoms with E-state index in [1.165, 1.54) is 11.1 Å². The van der Waals surface area contributed by atoms with E-state index in [1.807, 2.05) is 12.1 Å². The van der Waals surface area contributed by atoms with Crippen molar-refractivity contribution >= 4 is 6.03 Å². The number of aliphatic hydroxyl groups is 1. The fourth-order valence-electron chi connectivity index (χ4n) is 3.04. The lowest BCUT2D eigenvalue weighted by molar-refractivity contribution is 0.0272. The third-order valence-corrected chi connectivity index (χ3v) is 4.37. The molecule has 1 aliphatic rings. The molecule has 0 heterocycles. The van der Waals surface area contributed by atoms with Crippen LogP contribution in [0.25, 0.3) is 0 Å². The summed E-state index contributed by atoms with van der Waals surface area (Å²) in [5.41, 5.74) is 2.51. The summed E-state index contributed by atoms with van der Waals surface area (Å²) in [6, 6.07) is 8.04. The second-order valence-corrected chi connectivity index (χ2v) is 7.13.